The average Bonchev–Trinajstić information content (AvgIpc) is 2.72. The van der Waals surface area contributed by atoms with Gasteiger partial charge >= 0.3 is 0 Å². The minimum absolute atomic E-state index is 0.267. The first kappa shape index (κ1) is 13.6. The molecule has 0 bridgehead atoms. The van der Waals surface area contributed by atoms with Crippen LogP contribution in [0.4, 0.5) is 0 Å². The van der Waals surface area contributed by atoms with Crippen LogP contribution in [0.2, 0.25) is 0 Å². The van der Waals surface area contributed by atoms with Crippen LogP contribution in [0.25, 0.3) is 0 Å². The minimum Gasteiger partial charge on any atom is -0.303 e. The van der Waals surface area contributed by atoms with E-state index < -0.39 is 0 Å². The fourth-order valence-corrected chi connectivity index (χ4v) is 2.69. The summed E-state index contributed by atoms with van der Waals surface area (Å²) >= 11 is 0. The quantitative estimate of drug-likeness (QED) is 0.781. The van der Waals surface area contributed by atoms with Crippen molar-refractivity contribution in [2.75, 3.05) is 19.6 Å². The molecule has 1 aliphatic rings. The number of rotatable bonds is 3. The van der Waals surface area contributed by atoms with Gasteiger partial charge in [0, 0.05) is 13.1 Å². The Balaban J connectivity index is 1.87. The van der Waals surface area contributed by atoms with E-state index in [-0.39, 0.29) is 5.41 Å². The molecule has 0 amide bonds. The summed E-state index contributed by atoms with van der Waals surface area (Å²) in [6.07, 6.45) is 2.57. The zero-order valence-electron chi connectivity index (χ0n) is 12.4. The number of hydrogen-bond donors (Lipinski definition) is 0. The normalized spacial score (nSPS) is 21.4. The maximum atomic E-state index is 2.60. The number of likely N-dealkylation sites (tertiary alicyclic amines) is 1. The highest BCUT2D eigenvalue weighted by Crippen LogP contribution is 2.22. The standard InChI is InChI=1S/C17H27N/c1-14-9-11-18(13-14)12-10-15-5-7-16(8-6-15)17(2,3)4/h5-8,14H,9-13H2,1-4H3/t14-/m0/s1. The second kappa shape index (κ2) is 5.44. The summed E-state index contributed by atoms with van der Waals surface area (Å²) in [6.45, 7) is 13.0. The Morgan fingerprint density at radius 1 is 1.17 bits per heavy atom. The van der Waals surface area contributed by atoms with E-state index in [4.69, 9.17) is 0 Å². The molecule has 0 N–H and O–H groups in total. The van der Waals surface area contributed by atoms with Gasteiger partial charge in [0.25, 0.3) is 0 Å². The van der Waals surface area contributed by atoms with Gasteiger partial charge in [-0.15, -0.1) is 0 Å². The van der Waals surface area contributed by atoms with Crippen LogP contribution in [-0.2, 0) is 11.8 Å². The maximum Gasteiger partial charge on any atom is 0.00219 e. The van der Waals surface area contributed by atoms with Crippen LogP contribution < -0.4 is 0 Å². The molecule has 1 heteroatoms. The van der Waals surface area contributed by atoms with Gasteiger partial charge in [0.15, 0.2) is 0 Å². The zero-order chi connectivity index (χ0) is 13.2. The Kier molecular flexibility index (Phi) is 4.11. The third kappa shape index (κ3) is 3.58. The van der Waals surface area contributed by atoms with Gasteiger partial charge in [-0.25, -0.2) is 0 Å². The van der Waals surface area contributed by atoms with Crippen molar-refractivity contribution in [3.05, 3.63) is 35.4 Å². The SMILES string of the molecule is C[C@H]1CCN(CCc2ccc(C(C)(C)C)cc2)C1. The molecule has 1 nitrogen and oxygen atoms in total. The topological polar surface area (TPSA) is 3.24 Å². The lowest BCUT2D eigenvalue weighted by molar-refractivity contribution is 0.332. The van der Waals surface area contributed by atoms with Crippen molar-refractivity contribution in [3.63, 3.8) is 0 Å². The van der Waals surface area contributed by atoms with E-state index in [1.165, 1.54) is 43.6 Å². The highest BCUT2D eigenvalue weighted by molar-refractivity contribution is 5.27. The van der Waals surface area contributed by atoms with E-state index in [0.29, 0.717) is 0 Å². The first-order valence-corrected chi connectivity index (χ1v) is 7.27. The molecule has 1 heterocycles. The Labute approximate surface area is 112 Å². The molecule has 0 aliphatic carbocycles. The van der Waals surface area contributed by atoms with Crippen molar-refractivity contribution in [2.45, 2.75) is 46.0 Å². The average molecular weight is 245 g/mol. The van der Waals surface area contributed by atoms with Crippen molar-refractivity contribution in [1.29, 1.82) is 0 Å². The first-order chi connectivity index (χ1) is 8.45. The van der Waals surface area contributed by atoms with E-state index in [2.05, 4.69) is 56.9 Å². The molecular weight excluding hydrogens is 218 g/mol. The van der Waals surface area contributed by atoms with Gasteiger partial charge in [0.1, 0.15) is 0 Å². The van der Waals surface area contributed by atoms with Crippen LogP contribution in [0.1, 0.15) is 45.2 Å². The van der Waals surface area contributed by atoms with Crippen molar-refractivity contribution < 1.29 is 0 Å². The van der Waals surface area contributed by atoms with Crippen LogP contribution in [0.5, 0.6) is 0 Å². The molecule has 1 saturated heterocycles. The Morgan fingerprint density at radius 3 is 2.33 bits per heavy atom. The van der Waals surface area contributed by atoms with E-state index in [1.54, 1.807) is 0 Å². The maximum absolute atomic E-state index is 2.60. The summed E-state index contributed by atoms with van der Waals surface area (Å²) < 4.78 is 0. The van der Waals surface area contributed by atoms with Gasteiger partial charge in [-0.1, -0.05) is 52.0 Å². The highest BCUT2D eigenvalue weighted by atomic mass is 15.1. The molecule has 1 atom stereocenters. The molecule has 0 unspecified atom stereocenters. The van der Waals surface area contributed by atoms with Gasteiger partial charge in [0.05, 0.1) is 0 Å². The van der Waals surface area contributed by atoms with Crippen LogP contribution in [0.15, 0.2) is 24.3 Å². The van der Waals surface area contributed by atoms with E-state index in [1.807, 2.05) is 0 Å². The molecule has 1 fully saturated rings. The summed E-state index contributed by atoms with van der Waals surface area (Å²) in [4.78, 5) is 2.60. The third-order valence-electron chi connectivity index (χ3n) is 4.04. The van der Waals surface area contributed by atoms with Gasteiger partial charge in [0.2, 0.25) is 0 Å². The fourth-order valence-electron chi connectivity index (χ4n) is 2.69. The summed E-state index contributed by atoms with van der Waals surface area (Å²) in [5.41, 5.74) is 3.17. The van der Waals surface area contributed by atoms with Crippen LogP contribution in [-0.4, -0.2) is 24.5 Å². The molecule has 0 radical (unpaired) electrons. The first-order valence-electron chi connectivity index (χ1n) is 7.27. The zero-order valence-corrected chi connectivity index (χ0v) is 12.4. The molecule has 0 spiro atoms. The monoisotopic (exact) mass is 245 g/mol. The van der Waals surface area contributed by atoms with Crippen LogP contribution in [0, 0.1) is 5.92 Å². The molecule has 2 rings (SSSR count). The lowest BCUT2D eigenvalue weighted by atomic mass is 9.86. The van der Waals surface area contributed by atoms with Crippen LogP contribution >= 0.6 is 0 Å². The molecule has 1 aromatic carbocycles. The molecular formula is C17H27N. The summed E-state index contributed by atoms with van der Waals surface area (Å²) in [5.74, 6) is 0.897. The van der Waals surface area contributed by atoms with Crippen molar-refractivity contribution in [2.24, 2.45) is 5.92 Å². The highest BCUT2D eigenvalue weighted by Gasteiger charge is 2.18. The molecule has 0 saturated carbocycles. The Morgan fingerprint density at radius 2 is 1.83 bits per heavy atom. The van der Waals surface area contributed by atoms with Gasteiger partial charge in [-0.05, 0) is 41.8 Å². The second-order valence-corrected chi connectivity index (χ2v) is 6.89. The smallest absolute Gasteiger partial charge is 0.00219 e. The Bertz CT molecular complexity index is 372. The predicted molar refractivity (Wildman–Crippen MR) is 79.1 cm³/mol. The second-order valence-electron chi connectivity index (χ2n) is 6.89. The Hall–Kier alpha value is -0.820. The minimum atomic E-state index is 0.267. The number of benzene rings is 1. The summed E-state index contributed by atoms with van der Waals surface area (Å²) in [5, 5.41) is 0. The van der Waals surface area contributed by atoms with E-state index in [0.717, 1.165) is 5.92 Å². The lowest BCUT2D eigenvalue weighted by Crippen LogP contribution is -2.23. The van der Waals surface area contributed by atoms with Gasteiger partial charge < -0.3 is 4.90 Å². The molecule has 100 valence electrons. The van der Waals surface area contributed by atoms with Gasteiger partial charge in [-0.3, -0.25) is 0 Å². The van der Waals surface area contributed by atoms with Crippen molar-refractivity contribution in [1.82, 2.24) is 4.90 Å². The van der Waals surface area contributed by atoms with Crippen molar-refractivity contribution in [3.8, 4) is 0 Å². The molecule has 0 aromatic heterocycles. The number of nitrogens with zero attached hydrogens (tertiary/aromatic N) is 1. The molecule has 1 aromatic rings. The summed E-state index contributed by atoms with van der Waals surface area (Å²) in [7, 11) is 0. The largest absolute Gasteiger partial charge is 0.303 e. The summed E-state index contributed by atoms with van der Waals surface area (Å²) in [6, 6.07) is 9.20. The number of hydrogen-bond acceptors (Lipinski definition) is 1. The lowest BCUT2D eigenvalue weighted by Gasteiger charge is -2.19. The molecule has 1 aliphatic heterocycles. The van der Waals surface area contributed by atoms with E-state index >= 15 is 0 Å². The van der Waals surface area contributed by atoms with E-state index in [9.17, 15) is 0 Å². The fraction of sp³-hybridized carbons (Fsp3) is 0.647. The van der Waals surface area contributed by atoms with Crippen LogP contribution in [0.3, 0.4) is 0 Å². The van der Waals surface area contributed by atoms with Gasteiger partial charge in [-0.2, -0.15) is 0 Å². The predicted octanol–water partition coefficient (Wildman–Crippen LogP) is 3.87. The third-order valence-corrected chi connectivity index (χ3v) is 4.04. The van der Waals surface area contributed by atoms with Crippen molar-refractivity contribution >= 4 is 0 Å². The molecule has 18 heavy (non-hydrogen) atoms.